The molecule has 1 aromatic carbocycles. The Morgan fingerprint density at radius 1 is 1.44 bits per heavy atom. The van der Waals surface area contributed by atoms with Crippen LogP contribution in [0.2, 0.25) is 0 Å². The molecule has 1 aliphatic rings. The van der Waals surface area contributed by atoms with Crippen molar-refractivity contribution < 1.29 is 9.72 Å². The van der Waals surface area contributed by atoms with Crippen molar-refractivity contribution in [3.05, 3.63) is 39.9 Å². The van der Waals surface area contributed by atoms with Crippen LogP contribution < -0.4 is 0 Å². The maximum Gasteiger partial charge on any atom is 0.269 e. The second-order valence-corrected chi connectivity index (χ2v) is 4.12. The lowest BCUT2D eigenvalue weighted by molar-refractivity contribution is -0.384. The zero-order valence-corrected chi connectivity index (χ0v) is 9.05. The summed E-state index contributed by atoms with van der Waals surface area (Å²) in [6.07, 6.45) is 1.47. The van der Waals surface area contributed by atoms with Crippen molar-refractivity contribution in [2.24, 2.45) is 5.92 Å². The summed E-state index contributed by atoms with van der Waals surface area (Å²) in [6.45, 7) is 1.87. The molecule has 0 aliphatic heterocycles. The van der Waals surface area contributed by atoms with Gasteiger partial charge in [0.2, 0.25) is 0 Å². The van der Waals surface area contributed by atoms with Gasteiger partial charge in [0.05, 0.1) is 4.92 Å². The number of nitro benzene ring substituents is 1. The molecule has 16 heavy (non-hydrogen) atoms. The zero-order valence-electron chi connectivity index (χ0n) is 9.05. The summed E-state index contributed by atoms with van der Waals surface area (Å²) in [7, 11) is 0. The van der Waals surface area contributed by atoms with E-state index in [0.717, 1.165) is 12.0 Å². The largest absolute Gasteiger partial charge is 0.299 e. The van der Waals surface area contributed by atoms with Gasteiger partial charge < -0.3 is 0 Å². The summed E-state index contributed by atoms with van der Waals surface area (Å²) < 4.78 is 0. The van der Waals surface area contributed by atoms with Crippen LogP contribution in [-0.4, -0.2) is 10.7 Å². The van der Waals surface area contributed by atoms with Gasteiger partial charge in [0.15, 0.2) is 0 Å². The molecule has 0 amide bonds. The summed E-state index contributed by atoms with van der Waals surface area (Å²) in [5.41, 5.74) is 1.14. The van der Waals surface area contributed by atoms with Gasteiger partial charge in [-0.15, -0.1) is 0 Å². The molecular formula is C12H13NO3. The first-order chi connectivity index (χ1) is 7.63. The van der Waals surface area contributed by atoms with Crippen molar-refractivity contribution >= 4 is 11.5 Å². The number of nitrogens with zero attached hydrogens (tertiary/aromatic N) is 1. The maximum absolute atomic E-state index is 11.4. The first-order valence-corrected chi connectivity index (χ1v) is 5.40. The van der Waals surface area contributed by atoms with E-state index in [0.29, 0.717) is 12.2 Å². The minimum atomic E-state index is -0.411. The summed E-state index contributed by atoms with van der Waals surface area (Å²) in [6, 6.07) is 6.51. The number of carbonyl (C=O) groups excluding carboxylic acids is 1. The van der Waals surface area contributed by atoms with Gasteiger partial charge in [-0.3, -0.25) is 14.9 Å². The Kier molecular flexibility index (Phi) is 2.73. The van der Waals surface area contributed by atoms with Crippen LogP contribution >= 0.6 is 0 Å². The van der Waals surface area contributed by atoms with E-state index in [-0.39, 0.29) is 17.5 Å². The van der Waals surface area contributed by atoms with Gasteiger partial charge in [-0.2, -0.15) is 0 Å². The number of hydrogen-bond acceptors (Lipinski definition) is 3. The number of nitro groups is 1. The number of ketones is 1. The van der Waals surface area contributed by atoms with Crippen LogP contribution in [0.4, 0.5) is 5.69 Å². The molecule has 0 bridgehead atoms. The topological polar surface area (TPSA) is 60.2 Å². The quantitative estimate of drug-likeness (QED) is 0.577. The number of carbonyl (C=O) groups is 1. The third kappa shape index (κ3) is 1.96. The minimum Gasteiger partial charge on any atom is -0.299 e. The molecule has 1 saturated carbocycles. The van der Waals surface area contributed by atoms with Crippen molar-refractivity contribution in [2.75, 3.05) is 0 Å². The van der Waals surface area contributed by atoms with Crippen LogP contribution in [0.15, 0.2) is 24.3 Å². The molecule has 0 N–H and O–H groups in total. The zero-order chi connectivity index (χ0) is 11.7. The lowest BCUT2D eigenvalue weighted by Gasteiger charge is -1.98. The van der Waals surface area contributed by atoms with Gasteiger partial charge >= 0.3 is 0 Å². The molecule has 0 spiro atoms. The van der Waals surface area contributed by atoms with E-state index in [4.69, 9.17) is 0 Å². The maximum atomic E-state index is 11.4. The molecule has 4 nitrogen and oxygen atoms in total. The van der Waals surface area contributed by atoms with Crippen LogP contribution in [-0.2, 0) is 4.79 Å². The fourth-order valence-corrected chi connectivity index (χ4v) is 2.02. The average Bonchev–Trinajstić information content (AvgIpc) is 3.08. The molecule has 0 heterocycles. The summed E-state index contributed by atoms with van der Waals surface area (Å²) in [5, 5.41) is 10.5. The number of Topliss-reactive ketones (excluding diaryl/α,β-unsaturated/α-hetero) is 1. The van der Waals surface area contributed by atoms with E-state index in [9.17, 15) is 14.9 Å². The van der Waals surface area contributed by atoms with Crippen LogP contribution in [0.3, 0.4) is 0 Å². The number of non-ortho nitro benzene ring substituents is 1. The van der Waals surface area contributed by atoms with E-state index < -0.39 is 4.92 Å². The Morgan fingerprint density at radius 2 is 2.06 bits per heavy atom. The highest BCUT2D eigenvalue weighted by atomic mass is 16.6. The van der Waals surface area contributed by atoms with E-state index in [1.54, 1.807) is 12.1 Å². The van der Waals surface area contributed by atoms with E-state index in [1.165, 1.54) is 12.1 Å². The second kappa shape index (κ2) is 4.04. The molecular weight excluding hydrogens is 206 g/mol. The van der Waals surface area contributed by atoms with Gasteiger partial charge in [0.25, 0.3) is 5.69 Å². The number of hydrogen-bond donors (Lipinski definition) is 0. The third-order valence-electron chi connectivity index (χ3n) is 3.08. The van der Waals surface area contributed by atoms with Crippen molar-refractivity contribution in [2.45, 2.75) is 25.7 Å². The molecule has 2 rings (SSSR count). The molecule has 4 heteroatoms. The third-order valence-corrected chi connectivity index (χ3v) is 3.08. The van der Waals surface area contributed by atoms with Crippen molar-refractivity contribution in [1.29, 1.82) is 0 Å². The van der Waals surface area contributed by atoms with Gasteiger partial charge in [0, 0.05) is 24.5 Å². The molecule has 0 aromatic heterocycles. The Morgan fingerprint density at radius 3 is 2.56 bits per heavy atom. The second-order valence-electron chi connectivity index (χ2n) is 4.12. The Balaban J connectivity index is 2.07. The van der Waals surface area contributed by atoms with Gasteiger partial charge in [-0.1, -0.05) is 19.1 Å². The highest BCUT2D eigenvalue weighted by Crippen LogP contribution is 2.48. The molecule has 2 unspecified atom stereocenters. The van der Waals surface area contributed by atoms with Crippen molar-refractivity contribution in [3.63, 3.8) is 0 Å². The highest BCUT2D eigenvalue weighted by Gasteiger charge is 2.42. The lowest BCUT2D eigenvalue weighted by Crippen LogP contribution is -1.99. The van der Waals surface area contributed by atoms with Crippen LogP contribution in [0.1, 0.15) is 31.2 Å². The van der Waals surface area contributed by atoms with E-state index in [2.05, 4.69) is 0 Å². The SMILES string of the molecule is CCC(=O)C1CC1c1ccc([N+](=O)[O-])cc1. The molecule has 1 fully saturated rings. The average molecular weight is 219 g/mol. The first kappa shape index (κ1) is 10.8. The van der Waals surface area contributed by atoms with E-state index >= 15 is 0 Å². The molecule has 2 atom stereocenters. The number of benzene rings is 1. The van der Waals surface area contributed by atoms with Crippen molar-refractivity contribution in [1.82, 2.24) is 0 Å². The fourth-order valence-electron chi connectivity index (χ4n) is 2.02. The molecule has 0 radical (unpaired) electrons. The van der Waals surface area contributed by atoms with Crippen molar-refractivity contribution in [3.8, 4) is 0 Å². The Hall–Kier alpha value is -1.71. The summed E-state index contributed by atoms with van der Waals surface area (Å²) in [4.78, 5) is 21.5. The molecule has 0 saturated heterocycles. The molecule has 84 valence electrons. The van der Waals surface area contributed by atoms with Crippen LogP contribution in [0, 0.1) is 16.0 Å². The predicted octanol–water partition coefficient (Wildman–Crippen LogP) is 2.68. The Bertz CT molecular complexity index is 424. The summed E-state index contributed by atoms with van der Waals surface area (Å²) >= 11 is 0. The highest BCUT2D eigenvalue weighted by molar-refractivity contribution is 5.84. The number of rotatable bonds is 4. The van der Waals surface area contributed by atoms with Gasteiger partial charge in [0.1, 0.15) is 5.78 Å². The summed E-state index contributed by atoms with van der Waals surface area (Å²) in [5.74, 6) is 0.725. The van der Waals surface area contributed by atoms with Crippen LogP contribution in [0.25, 0.3) is 0 Å². The van der Waals surface area contributed by atoms with E-state index in [1.807, 2.05) is 6.92 Å². The molecule has 1 aliphatic carbocycles. The van der Waals surface area contributed by atoms with Gasteiger partial charge in [-0.05, 0) is 17.9 Å². The predicted molar refractivity (Wildman–Crippen MR) is 59.2 cm³/mol. The molecule has 1 aromatic rings. The Labute approximate surface area is 93.4 Å². The fraction of sp³-hybridized carbons (Fsp3) is 0.417. The first-order valence-electron chi connectivity index (χ1n) is 5.40. The lowest BCUT2D eigenvalue weighted by atomic mass is 10.1. The monoisotopic (exact) mass is 219 g/mol. The normalized spacial score (nSPS) is 22.8. The smallest absolute Gasteiger partial charge is 0.269 e. The van der Waals surface area contributed by atoms with Crippen LogP contribution in [0.5, 0.6) is 0 Å². The van der Waals surface area contributed by atoms with Gasteiger partial charge in [-0.25, -0.2) is 0 Å². The minimum absolute atomic E-state index is 0.0998. The standard InChI is InChI=1S/C12H13NO3/c1-2-12(14)11-7-10(11)8-3-5-9(6-4-8)13(15)16/h3-6,10-11H,2,7H2,1H3.